The number of piperazine rings is 1. The minimum absolute atomic E-state index is 0.0285. The predicted octanol–water partition coefficient (Wildman–Crippen LogP) is -0.174. The topological polar surface area (TPSA) is 58.3 Å². The van der Waals surface area contributed by atoms with Crippen LogP contribution in [-0.4, -0.2) is 62.5 Å². The highest BCUT2D eigenvalue weighted by Gasteiger charge is 2.33. The predicted molar refractivity (Wildman–Crippen MR) is 116 cm³/mol. The Morgan fingerprint density at radius 1 is 1.14 bits per heavy atom. The Labute approximate surface area is 177 Å². The van der Waals surface area contributed by atoms with E-state index >= 15 is 0 Å². The van der Waals surface area contributed by atoms with E-state index in [1.807, 2.05) is 49.4 Å². The summed E-state index contributed by atoms with van der Waals surface area (Å²) in [6.07, 6.45) is 0. The molecular weight excluding hydrogens is 384 g/mol. The first-order valence-electron chi connectivity index (χ1n) is 10.2. The maximum atomic E-state index is 12.8. The smallest absolute Gasteiger partial charge is 0.280 e. The molecule has 1 aromatic heterocycles. The van der Waals surface area contributed by atoms with Crippen LogP contribution in [0.1, 0.15) is 17.4 Å². The molecule has 0 saturated carbocycles. The lowest BCUT2D eigenvalue weighted by atomic mass is 10.2. The van der Waals surface area contributed by atoms with Crippen LogP contribution in [0.4, 0.5) is 5.69 Å². The average Bonchev–Trinajstić information content (AvgIpc) is 3.22. The highest BCUT2D eigenvalue weighted by molar-refractivity contribution is 7.09. The minimum Gasteiger partial charge on any atom is -0.331 e. The molecule has 1 aliphatic rings. The number of nitrogens with zero attached hydrogens (tertiary/aromatic N) is 1. The zero-order chi connectivity index (χ0) is 20.8. The number of quaternary nitrogens is 2. The van der Waals surface area contributed by atoms with E-state index in [-0.39, 0.29) is 24.4 Å². The van der Waals surface area contributed by atoms with Crippen LogP contribution in [0.2, 0.25) is 0 Å². The standard InChI is InChI=1S/C22H30N4O2S/c1-17-6-8-19(9-7-17)23-21(27)16-24(3)22(28)18(2)26-12-10-25(11-13-26)15-20-5-4-14-29-20/h4-9,14,18H,10-13,15-16H2,1-3H3,(H,23,27)/p+2/t18-/m1/s1. The third-order valence-corrected chi connectivity index (χ3v) is 6.56. The van der Waals surface area contributed by atoms with Crippen molar-refractivity contribution in [2.24, 2.45) is 0 Å². The van der Waals surface area contributed by atoms with Crippen molar-refractivity contribution in [3.8, 4) is 0 Å². The highest BCUT2D eigenvalue weighted by atomic mass is 32.1. The number of hydrogen-bond donors (Lipinski definition) is 3. The number of carbonyl (C=O) groups is 2. The van der Waals surface area contributed by atoms with Crippen molar-refractivity contribution in [3.05, 3.63) is 52.2 Å². The summed E-state index contributed by atoms with van der Waals surface area (Å²) < 4.78 is 0. The van der Waals surface area contributed by atoms with Crippen LogP contribution < -0.4 is 15.1 Å². The highest BCUT2D eigenvalue weighted by Crippen LogP contribution is 2.08. The first-order valence-corrected chi connectivity index (χ1v) is 11.1. The zero-order valence-electron chi connectivity index (χ0n) is 17.5. The molecule has 0 spiro atoms. The summed E-state index contributed by atoms with van der Waals surface area (Å²) in [5.41, 5.74) is 1.90. The number of benzene rings is 1. The molecule has 2 heterocycles. The Hall–Kier alpha value is -2.22. The molecule has 29 heavy (non-hydrogen) atoms. The second-order valence-corrected chi connectivity index (χ2v) is 9.03. The summed E-state index contributed by atoms with van der Waals surface area (Å²) in [6.45, 7) is 9.24. The summed E-state index contributed by atoms with van der Waals surface area (Å²) >= 11 is 1.81. The Morgan fingerprint density at radius 2 is 1.83 bits per heavy atom. The SMILES string of the molecule is Cc1ccc(NC(=O)CN(C)C(=O)[C@@H](C)[NH+]2CC[NH+](Cc3cccs3)CC2)cc1. The second kappa shape index (κ2) is 10.0. The van der Waals surface area contributed by atoms with Gasteiger partial charge < -0.3 is 20.0 Å². The van der Waals surface area contributed by atoms with Crippen molar-refractivity contribution in [2.75, 3.05) is 45.1 Å². The number of nitrogens with one attached hydrogen (secondary N) is 3. The van der Waals surface area contributed by atoms with Crippen LogP contribution in [0.3, 0.4) is 0 Å². The number of hydrogen-bond acceptors (Lipinski definition) is 3. The number of carbonyl (C=O) groups excluding carboxylic acids is 2. The van der Waals surface area contributed by atoms with E-state index in [1.54, 1.807) is 16.8 Å². The Balaban J connectivity index is 1.44. The van der Waals surface area contributed by atoms with Gasteiger partial charge in [-0.3, -0.25) is 9.59 Å². The molecule has 3 rings (SSSR count). The molecule has 0 radical (unpaired) electrons. The van der Waals surface area contributed by atoms with Gasteiger partial charge in [-0.05, 0) is 37.4 Å². The molecule has 156 valence electrons. The van der Waals surface area contributed by atoms with Crippen LogP contribution in [0.15, 0.2) is 41.8 Å². The van der Waals surface area contributed by atoms with E-state index in [1.165, 1.54) is 9.78 Å². The van der Waals surface area contributed by atoms with Crippen molar-refractivity contribution in [3.63, 3.8) is 0 Å². The van der Waals surface area contributed by atoms with Crippen LogP contribution >= 0.6 is 11.3 Å². The molecule has 1 saturated heterocycles. The van der Waals surface area contributed by atoms with Gasteiger partial charge >= 0.3 is 0 Å². The van der Waals surface area contributed by atoms with E-state index in [4.69, 9.17) is 0 Å². The van der Waals surface area contributed by atoms with Gasteiger partial charge in [-0.25, -0.2) is 0 Å². The minimum atomic E-state index is -0.169. The molecule has 0 unspecified atom stereocenters. The lowest BCUT2D eigenvalue weighted by molar-refractivity contribution is -1.02. The van der Waals surface area contributed by atoms with Crippen molar-refractivity contribution < 1.29 is 19.4 Å². The van der Waals surface area contributed by atoms with E-state index in [0.717, 1.165) is 44.0 Å². The monoisotopic (exact) mass is 416 g/mol. The molecule has 0 bridgehead atoms. The van der Waals surface area contributed by atoms with E-state index in [0.29, 0.717) is 0 Å². The lowest BCUT2D eigenvalue weighted by Crippen LogP contribution is -3.29. The van der Waals surface area contributed by atoms with Crippen LogP contribution in [0.5, 0.6) is 0 Å². The van der Waals surface area contributed by atoms with Crippen molar-refractivity contribution >= 4 is 28.8 Å². The Morgan fingerprint density at radius 3 is 2.45 bits per heavy atom. The lowest BCUT2D eigenvalue weighted by Gasteiger charge is -2.33. The summed E-state index contributed by atoms with van der Waals surface area (Å²) in [4.78, 5) is 31.0. The van der Waals surface area contributed by atoms with E-state index < -0.39 is 0 Å². The van der Waals surface area contributed by atoms with Crippen molar-refractivity contribution in [1.82, 2.24) is 4.90 Å². The summed E-state index contributed by atoms with van der Waals surface area (Å²) in [6, 6.07) is 11.8. The number of likely N-dealkylation sites (N-methyl/N-ethyl adjacent to an activating group) is 1. The number of amides is 2. The Kier molecular flexibility index (Phi) is 7.41. The summed E-state index contributed by atoms with van der Waals surface area (Å²) in [5, 5.41) is 4.98. The fourth-order valence-corrected chi connectivity index (χ4v) is 4.61. The molecule has 2 aromatic rings. The molecule has 1 fully saturated rings. The number of rotatable bonds is 7. The molecule has 1 aromatic carbocycles. The van der Waals surface area contributed by atoms with Crippen molar-refractivity contribution in [2.45, 2.75) is 26.4 Å². The van der Waals surface area contributed by atoms with Gasteiger partial charge in [0.05, 0.1) is 11.4 Å². The van der Waals surface area contributed by atoms with Gasteiger partial charge in [0.15, 0.2) is 6.04 Å². The molecule has 1 atom stereocenters. The van der Waals surface area contributed by atoms with Gasteiger partial charge in [-0.15, -0.1) is 11.3 Å². The molecule has 2 amide bonds. The normalized spacial score (nSPS) is 20.1. The van der Waals surface area contributed by atoms with Crippen LogP contribution in [0, 0.1) is 6.92 Å². The van der Waals surface area contributed by atoms with Crippen molar-refractivity contribution in [1.29, 1.82) is 0 Å². The molecular formula is C22H32N4O2S+2. The molecule has 6 nitrogen and oxygen atoms in total. The maximum absolute atomic E-state index is 12.8. The van der Waals surface area contributed by atoms with Crippen LogP contribution in [0.25, 0.3) is 0 Å². The first kappa shape index (κ1) is 21.5. The molecule has 7 heteroatoms. The summed E-state index contributed by atoms with van der Waals surface area (Å²) in [7, 11) is 1.71. The van der Waals surface area contributed by atoms with Gasteiger partial charge in [0, 0.05) is 12.7 Å². The van der Waals surface area contributed by atoms with E-state index in [9.17, 15) is 9.59 Å². The fourth-order valence-electron chi connectivity index (χ4n) is 3.83. The van der Waals surface area contributed by atoms with Gasteiger partial charge in [-0.2, -0.15) is 0 Å². The molecule has 0 aliphatic carbocycles. The maximum Gasteiger partial charge on any atom is 0.280 e. The second-order valence-electron chi connectivity index (χ2n) is 7.99. The number of anilines is 1. The van der Waals surface area contributed by atoms with Crippen LogP contribution in [-0.2, 0) is 16.1 Å². The van der Waals surface area contributed by atoms with E-state index in [2.05, 4.69) is 22.8 Å². The fraction of sp³-hybridized carbons (Fsp3) is 0.455. The average molecular weight is 417 g/mol. The number of thiophene rings is 1. The largest absolute Gasteiger partial charge is 0.331 e. The van der Waals surface area contributed by atoms with Gasteiger partial charge in [-0.1, -0.05) is 23.8 Å². The Bertz CT molecular complexity index is 799. The van der Waals surface area contributed by atoms with Gasteiger partial charge in [0.1, 0.15) is 32.7 Å². The molecule has 1 aliphatic heterocycles. The van der Waals surface area contributed by atoms with Gasteiger partial charge in [0.2, 0.25) is 5.91 Å². The zero-order valence-corrected chi connectivity index (χ0v) is 18.3. The number of aryl methyl sites for hydroxylation is 1. The molecule has 3 N–H and O–H groups in total. The first-order chi connectivity index (χ1) is 13.9. The quantitative estimate of drug-likeness (QED) is 0.587. The van der Waals surface area contributed by atoms with Gasteiger partial charge in [0.25, 0.3) is 5.91 Å². The third-order valence-electron chi connectivity index (χ3n) is 5.68. The third kappa shape index (κ3) is 6.13. The summed E-state index contributed by atoms with van der Waals surface area (Å²) in [5.74, 6) is -0.141.